The van der Waals surface area contributed by atoms with Gasteiger partial charge >= 0.3 is 5.97 Å². The van der Waals surface area contributed by atoms with Crippen LogP contribution in [0.25, 0.3) is 0 Å². The summed E-state index contributed by atoms with van der Waals surface area (Å²) in [4.78, 5) is 59.0. The first-order chi connectivity index (χ1) is 23.1. The van der Waals surface area contributed by atoms with Crippen molar-refractivity contribution in [3.05, 3.63) is 61.2 Å². The topological polar surface area (TPSA) is 125 Å². The normalized spacial score (nSPS) is 26.9. The number of esters is 1. The number of hydrogen-bond acceptors (Lipinski definition) is 7. The predicted octanol–water partition coefficient (Wildman–Crippen LogP) is 4.86. The number of aliphatic hydroxyl groups is 1. The Morgan fingerprint density at radius 2 is 1.92 bits per heavy atom. The number of likely N-dealkylation sites (tertiary alicyclic amines) is 1. The third-order valence-electron chi connectivity index (χ3n) is 9.94. The molecule has 3 amide bonds. The highest BCUT2D eigenvalue weighted by Gasteiger charge is 2.77. The minimum atomic E-state index is -1.20. The Hall–Kier alpha value is -3.02. The quantitative estimate of drug-likeness (QED) is 0.0851. The van der Waals surface area contributed by atoms with Crippen molar-refractivity contribution in [3.8, 4) is 0 Å². The zero-order valence-electron chi connectivity index (χ0n) is 28.4. The fourth-order valence-electron chi connectivity index (χ4n) is 7.67. The number of halogens is 1. The minimum Gasteiger partial charge on any atom is -0.455 e. The van der Waals surface area contributed by atoms with Gasteiger partial charge < -0.3 is 29.7 Å². The van der Waals surface area contributed by atoms with E-state index in [2.05, 4.69) is 41.3 Å². The maximum Gasteiger partial charge on any atom is 0.313 e. The lowest BCUT2D eigenvalue weighted by atomic mass is 9.70. The lowest BCUT2D eigenvalue weighted by molar-refractivity contribution is -0.160. The molecule has 4 rings (SSSR count). The summed E-state index contributed by atoms with van der Waals surface area (Å²) < 4.78 is 12.9. The number of nitrogens with one attached hydrogen (secondary N) is 1. The average molecular weight is 731 g/mol. The summed E-state index contributed by atoms with van der Waals surface area (Å²) in [5.74, 6) is -3.06. The fraction of sp³-hybridized carbons (Fsp3) is 0.622. The standard InChI is InChI=1S/C37H52BrN3O7/c1-5-8-19-29(43)39-24-28(26-17-12-11-13-18-26)47-36(46)30-31-34(44)41(21-14-9-10-15-22-42)33(37(31)23-27(38)32(30)48-37)35(45)40(20-7-3)25(4)16-6-2/h5,7,11-13,17-18,25,27-28,30-33,42H,1,3,6,8-10,14-16,19-24H2,2,4H3,(H,39,43)/t25?,27?,28-,30-,31+,32-,33-,37+/m1/s1. The van der Waals surface area contributed by atoms with Crippen LogP contribution in [0, 0.1) is 11.8 Å². The van der Waals surface area contributed by atoms with Gasteiger partial charge in [0.2, 0.25) is 17.7 Å². The van der Waals surface area contributed by atoms with Crippen molar-refractivity contribution < 1.29 is 33.8 Å². The van der Waals surface area contributed by atoms with Gasteiger partial charge in [-0.25, -0.2) is 0 Å². The molecule has 0 saturated carbocycles. The molecule has 2 bridgehead atoms. The van der Waals surface area contributed by atoms with Crippen LogP contribution >= 0.6 is 15.9 Å². The monoisotopic (exact) mass is 729 g/mol. The molecule has 0 radical (unpaired) electrons. The lowest BCUT2D eigenvalue weighted by Gasteiger charge is -2.39. The highest BCUT2D eigenvalue weighted by atomic mass is 79.9. The third kappa shape index (κ3) is 8.05. The van der Waals surface area contributed by atoms with Gasteiger partial charge in [0, 0.05) is 37.0 Å². The summed E-state index contributed by atoms with van der Waals surface area (Å²) in [7, 11) is 0. The highest BCUT2D eigenvalue weighted by molar-refractivity contribution is 9.09. The van der Waals surface area contributed by atoms with Crippen LogP contribution in [0.5, 0.6) is 0 Å². The van der Waals surface area contributed by atoms with E-state index in [4.69, 9.17) is 9.47 Å². The number of amides is 3. The van der Waals surface area contributed by atoms with E-state index >= 15 is 0 Å². The van der Waals surface area contributed by atoms with E-state index in [9.17, 15) is 24.3 Å². The van der Waals surface area contributed by atoms with Crippen molar-refractivity contribution in [2.24, 2.45) is 11.8 Å². The van der Waals surface area contributed by atoms with Crippen LogP contribution in [0.15, 0.2) is 55.6 Å². The maximum atomic E-state index is 14.6. The number of carbonyl (C=O) groups is 4. The Morgan fingerprint density at radius 3 is 2.58 bits per heavy atom. The molecule has 3 aliphatic rings. The Balaban J connectivity index is 1.66. The number of aliphatic hydroxyl groups excluding tert-OH is 1. The van der Waals surface area contributed by atoms with E-state index in [0.717, 1.165) is 25.7 Å². The molecule has 1 aromatic carbocycles. The van der Waals surface area contributed by atoms with Gasteiger partial charge in [-0.3, -0.25) is 19.2 Å². The van der Waals surface area contributed by atoms with Crippen molar-refractivity contribution >= 4 is 39.6 Å². The first kappa shape index (κ1) is 37.8. The molecular weight excluding hydrogens is 678 g/mol. The molecule has 1 spiro atoms. The molecule has 8 atom stereocenters. The van der Waals surface area contributed by atoms with E-state index < -0.39 is 41.7 Å². The maximum absolute atomic E-state index is 14.6. The van der Waals surface area contributed by atoms with E-state index in [0.29, 0.717) is 44.3 Å². The number of alkyl halides is 1. The highest BCUT2D eigenvalue weighted by Crippen LogP contribution is 2.60. The molecule has 3 fully saturated rings. The molecule has 3 saturated heterocycles. The molecule has 48 heavy (non-hydrogen) atoms. The Bertz CT molecular complexity index is 1290. The van der Waals surface area contributed by atoms with E-state index in [1.165, 1.54) is 0 Å². The number of rotatable bonds is 20. The summed E-state index contributed by atoms with van der Waals surface area (Å²) in [6.07, 6.45) is 7.74. The molecular formula is C37H52BrN3O7. The Morgan fingerprint density at radius 1 is 1.19 bits per heavy atom. The van der Waals surface area contributed by atoms with Crippen LogP contribution in [0.3, 0.4) is 0 Å². The van der Waals surface area contributed by atoms with Crippen molar-refractivity contribution in [2.75, 3.05) is 26.2 Å². The SMILES string of the molecule is C=CCCC(=O)NC[C@@H](OC(=O)[C@H]1[C@@H]2O[C@@]3(CC2Br)[C@@H]1C(=O)N(CCCCCCO)[C@@H]3C(=O)N(CC=C)C(C)CCC)c1ccccc1. The molecule has 264 valence electrons. The number of unbranched alkanes of at least 4 members (excludes halogenated alkanes) is 3. The zero-order chi connectivity index (χ0) is 34.8. The lowest BCUT2D eigenvalue weighted by Crippen LogP contribution is -2.58. The third-order valence-corrected chi connectivity index (χ3v) is 10.8. The van der Waals surface area contributed by atoms with Gasteiger partial charge in [-0.05, 0) is 44.6 Å². The van der Waals surface area contributed by atoms with Crippen molar-refractivity contribution in [2.45, 2.75) is 106 Å². The number of hydrogen-bond donors (Lipinski definition) is 2. The first-order valence-corrected chi connectivity index (χ1v) is 18.3. The summed E-state index contributed by atoms with van der Waals surface area (Å²) in [6.45, 7) is 12.5. The summed E-state index contributed by atoms with van der Waals surface area (Å²) in [5.41, 5.74) is -0.488. The van der Waals surface area contributed by atoms with E-state index in [-0.39, 0.29) is 48.2 Å². The van der Waals surface area contributed by atoms with Gasteiger partial charge in [-0.1, -0.05) is 84.6 Å². The van der Waals surface area contributed by atoms with Gasteiger partial charge in [0.05, 0.1) is 24.5 Å². The van der Waals surface area contributed by atoms with Crippen LogP contribution in [0.4, 0.5) is 0 Å². The van der Waals surface area contributed by atoms with Crippen LogP contribution in [-0.2, 0) is 28.7 Å². The van der Waals surface area contributed by atoms with Crippen molar-refractivity contribution in [3.63, 3.8) is 0 Å². The first-order valence-electron chi connectivity index (χ1n) is 17.4. The molecule has 3 heterocycles. The van der Waals surface area contributed by atoms with Crippen molar-refractivity contribution in [1.29, 1.82) is 0 Å². The number of allylic oxidation sites excluding steroid dienone is 1. The summed E-state index contributed by atoms with van der Waals surface area (Å²) in [6, 6.07) is 8.22. The summed E-state index contributed by atoms with van der Waals surface area (Å²) >= 11 is 3.75. The van der Waals surface area contributed by atoms with Gasteiger partial charge in [0.25, 0.3) is 0 Å². The van der Waals surface area contributed by atoms with Gasteiger partial charge in [0.15, 0.2) is 0 Å². The largest absolute Gasteiger partial charge is 0.455 e. The fourth-order valence-corrected chi connectivity index (χ4v) is 8.61. The van der Waals surface area contributed by atoms with Crippen molar-refractivity contribution in [1.82, 2.24) is 15.1 Å². The molecule has 3 aliphatic heterocycles. The number of fused-ring (bicyclic) bond motifs is 1. The predicted molar refractivity (Wildman–Crippen MR) is 187 cm³/mol. The van der Waals surface area contributed by atoms with Gasteiger partial charge in [-0.15, -0.1) is 13.2 Å². The van der Waals surface area contributed by atoms with Crippen LogP contribution in [-0.4, -0.2) is 93.5 Å². The van der Waals surface area contributed by atoms with Crippen LogP contribution in [0.2, 0.25) is 0 Å². The number of ether oxygens (including phenoxy) is 2. The Labute approximate surface area is 293 Å². The molecule has 11 heteroatoms. The number of nitrogens with zero attached hydrogens (tertiary/aromatic N) is 2. The van der Waals surface area contributed by atoms with Gasteiger partial charge in [-0.2, -0.15) is 0 Å². The second kappa shape index (κ2) is 17.6. The van der Waals surface area contributed by atoms with Crippen LogP contribution < -0.4 is 5.32 Å². The molecule has 0 aromatic heterocycles. The minimum absolute atomic E-state index is 0.0678. The molecule has 1 aromatic rings. The van der Waals surface area contributed by atoms with Crippen LogP contribution in [0.1, 0.15) is 83.3 Å². The smallest absolute Gasteiger partial charge is 0.313 e. The number of carbonyl (C=O) groups excluding carboxylic acids is 4. The van der Waals surface area contributed by atoms with E-state index in [1.807, 2.05) is 37.3 Å². The summed E-state index contributed by atoms with van der Waals surface area (Å²) in [5, 5.41) is 12.1. The Kier molecular flexibility index (Phi) is 13.8. The molecule has 2 unspecified atom stereocenters. The van der Waals surface area contributed by atoms with Gasteiger partial charge in [0.1, 0.15) is 17.7 Å². The molecule has 2 N–H and O–H groups in total. The molecule has 0 aliphatic carbocycles. The average Bonchev–Trinajstić information content (AvgIpc) is 3.67. The molecule has 10 nitrogen and oxygen atoms in total. The van der Waals surface area contributed by atoms with E-state index in [1.54, 1.807) is 22.0 Å². The second-order valence-electron chi connectivity index (χ2n) is 13.2. The second-order valence-corrected chi connectivity index (χ2v) is 14.4. The number of benzene rings is 1. The zero-order valence-corrected chi connectivity index (χ0v) is 29.9.